The Hall–Kier alpha value is -4.90. The van der Waals surface area contributed by atoms with Crippen molar-refractivity contribution in [3.05, 3.63) is 98.8 Å². The number of hydrogen-bond acceptors (Lipinski definition) is 10. The maximum Gasteiger partial charge on any atom is 0.330 e. The van der Waals surface area contributed by atoms with E-state index in [-0.39, 0.29) is 43.2 Å². The number of nitrogens with zero attached hydrogens (tertiary/aromatic N) is 5. The first kappa shape index (κ1) is 47.8. The molecular weight excluding hydrogens is 791 g/mol. The molecule has 3 aromatic rings. The van der Waals surface area contributed by atoms with Crippen LogP contribution in [0.1, 0.15) is 125 Å². The molecule has 3 atom stereocenters. The van der Waals surface area contributed by atoms with E-state index >= 15 is 0 Å². The number of amides is 2. The number of benzene rings is 1. The van der Waals surface area contributed by atoms with Crippen LogP contribution in [0.4, 0.5) is 0 Å². The molecule has 60 heavy (non-hydrogen) atoms. The van der Waals surface area contributed by atoms with Crippen LogP contribution in [0.5, 0.6) is 0 Å². The molecule has 0 unspecified atom stereocenters. The van der Waals surface area contributed by atoms with Gasteiger partial charge in [-0.3, -0.25) is 38.3 Å². The number of carbonyl (C=O) groups is 2. The predicted octanol–water partition coefficient (Wildman–Crippen LogP) is 5.22. The van der Waals surface area contributed by atoms with Gasteiger partial charge in [0.2, 0.25) is 11.8 Å². The normalized spacial score (nSPS) is 16.1. The molecule has 0 aliphatic carbocycles. The third-order valence-corrected chi connectivity index (χ3v) is 11.7. The van der Waals surface area contributed by atoms with Crippen LogP contribution in [0.15, 0.2) is 58.6 Å². The highest BCUT2D eigenvalue weighted by molar-refractivity contribution is 7.99. The molecule has 17 nitrogen and oxygen atoms in total. The number of nitrogens with one attached hydrogen (secondary N) is 4. The van der Waals surface area contributed by atoms with Crippen LogP contribution in [0.2, 0.25) is 0 Å². The van der Waals surface area contributed by atoms with Gasteiger partial charge in [-0.05, 0) is 87.6 Å². The largest absolute Gasteiger partial charge is 0.394 e. The minimum atomic E-state index is -0.798. The number of azide groups is 1. The van der Waals surface area contributed by atoms with Gasteiger partial charge in [0.1, 0.15) is 6.23 Å². The standard InChI is InChI=1S/C42H61N9O8S/c1-4-32-39(56)47-41(57)50(40(32)60-31-23-28(2)22-29(3)24-31)21-14-11-17-35(53)44-19-12-9-7-5-6-8-10-13-20-45-36(54)18-15-16-30-26-51(42(58)46-38(30)55)37-25-33(48-49-43)34(27-52)59-37/h22-24,26,33-34,37,52H,4-21,25,27H2,1-3H3,(H,44,53)(H,45,54)(H,46,55,58)(H,47,56,57)/t33-,34+,37+/m0/s1. The van der Waals surface area contributed by atoms with E-state index in [2.05, 4.69) is 48.8 Å². The Morgan fingerprint density at radius 2 is 1.47 bits per heavy atom. The molecule has 1 saturated heterocycles. The zero-order valence-corrected chi connectivity index (χ0v) is 35.9. The number of aliphatic hydroxyl groups excluding tert-OH is 1. The van der Waals surface area contributed by atoms with E-state index in [4.69, 9.17) is 10.3 Å². The second kappa shape index (κ2) is 25.0. The van der Waals surface area contributed by atoms with Crippen LogP contribution < -0.4 is 33.1 Å². The van der Waals surface area contributed by atoms with Gasteiger partial charge < -0.3 is 20.5 Å². The maximum atomic E-state index is 12.8. The maximum absolute atomic E-state index is 12.8. The van der Waals surface area contributed by atoms with Gasteiger partial charge in [-0.15, -0.1) is 0 Å². The van der Waals surface area contributed by atoms with Crippen molar-refractivity contribution < 1.29 is 19.4 Å². The van der Waals surface area contributed by atoms with E-state index in [1.807, 2.05) is 20.8 Å². The van der Waals surface area contributed by atoms with Crippen molar-refractivity contribution in [3.63, 3.8) is 0 Å². The zero-order valence-electron chi connectivity index (χ0n) is 35.1. The number of rotatable bonds is 26. The summed E-state index contributed by atoms with van der Waals surface area (Å²) in [5, 5.41) is 19.7. The molecule has 4 rings (SSSR count). The van der Waals surface area contributed by atoms with Gasteiger partial charge in [-0.25, -0.2) is 9.59 Å². The molecular formula is C42H61N9O8S. The molecule has 1 aliphatic rings. The number of carbonyl (C=O) groups excluding carboxylic acids is 2. The van der Waals surface area contributed by atoms with Crippen LogP contribution in [0, 0.1) is 13.8 Å². The Bertz CT molecular complexity index is 2150. The van der Waals surface area contributed by atoms with Gasteiger partial charge in [0.15, 0.2) is 0 Å². The van der Waals surface area contributed by atoms with Crippen molar-refractivity contribution in [2.24, 2.45) is 5.11 Å². The second-order valence-corrected chi connectivity index (χ2v) is 16.5. The molecule has 2 amide bonds. The number of aliphatic hydroxyl groups is 1. The predicted molar refractivity (Wildman–Crippen MR) is 230 cm³/mol. The van der Waals surface area contributed by atoms with Gasteiger partial charge >= 0.3 is 11.4 Å². The number of ether oxygens (including phenoxy) is 1. The summed E-state index contributed by atoms with van der Waals surface area (Å²) < 4.78 is 8.54. The van der Waals surface area contributed by atoms with Crippen molar-refractivity contribution >= 4 is 23.6 Å². The highest BCUT2D eigenvalue weighted by atomic mass is 32.2. The smallest absolute Gasteiger partial charge is 0.330 e. The number of hydrogen-bond donors (Lipinski definition) is 5. The Labute approximate surface area is 353 Å². The Kier molecular flexibility index (Phi) is 19.9. The Morgan fingerprint density at radius 3 is 2.07 bits per heavy atom. The minimum absolute atomic E-state index is 0.00454. The lowest BCUT2D eigenvalue weighted by Gasteiger charge is -2.16. The molecule has 2 aromatic heterocycles. The van der Waals surface area contributed by atoms with Crippen molar-refractivity contribution in [2.75, 3.05) is 19.7 Å². The summed E-state index contributed by atoms with van der Waals surface area (Å²) in [6, 6.07) is 5.55. The highest BCUT2D eigenvalue weighted by Gasteiger charge is 2.36. The monoisotopic (exact) mass is 851 g/mol. The van der Waals surface area contributed by atoms with Crippen molar-refractivity contribution in [2.45, 2.75) is 158 Å². The molecule has 1 aromatic carbocycles. The summed E-state index contributed by atoms with van der Waals surface area (Å²) in [4.78, 5) is 83.6. The topological polar surface area (TPSA) is 246 Å². The van der Waals surface area contributed by atoms with Gasteiger partial charge in [-0.1, -0.05) is 68.4 Å². The summed E-state index contributed by atoms with van der Waals surface area (Å²) in [6.07, 6.45) is 11.4. The van der Waals surface area contributed by atoms with Crippen LogP contribution in [0.25, 0.3) is 10.4 Å². The van der Waals surface area contributed by atoms with Crippen molar-refractivity contribution in [1.29, 1.82) is 0 Å². The Balaban J connectivity index is 1.01. The third kappa shape index (κ3) is 15.0. The van der Waals surface area contributed by atoms with Crippen LogP contribution in [-0.2, 0) is 33.7 Å². The summed E-state index contributed by atoms with van der Waals surface area (Å²) in [5.74, 6) is -0.0931. The molecule has 0 radical (unpaired) electrons. The fourth-order valence-corrected chi connectivity index (χ4v) is 8.78. The molecule has 0 bridgehead atoms. The number of H-pyrrole nitrogens is 2. The number of aryl methyl sites for hydroxylation is 3. The summed E-state index contributed by atoms with van der Waals surface area (Å²) in [7, 11) is 0. The average molecular weight is 852 g/mol. The second-order valence-electron chi connectivity index (χ2n) is 15.5. The highest BCUT2D eigenvalue weighted by Crippen LogP contribution is 2.31. The van der Waals surface area contributed by atoms with E-state index in [1.165, 1.54) is 22.5 Å². The van der Waals surface area contributed by atoms with E-state index in [9.17, 15) is 33.9 Å². The first-order valence-corrected chi connectivity index (χ1v) is 22.1. The summed E-state index contributed by atoms with van der Waals surface area (Å²) in [5.41, 5.74) is 9.95. The van der Waals surface area contributed by atoms with Crippen molar-refractivity contribution in [1.82, 2.24) is 29.7 Å². The number of aromatic nitrogens is 4. The number of unbranched alkanes of at least 4 members (excludes halogenated alkanes) is 8. The molecule has 1 aliphatic heterocycles. The van der Waals surface area contributed by atoms with Gasteiger partial charge in [0.25, 0.3) is 11.1 Å². The fraction of sp³-hybridized carbons (Fsp3) is 0.619. The van der Waals surface area contributed by atoms with Crippen LogP contribution in [-0.4, -0.2) is 67.9 Å². The number of aromatic amines is 2. The van der Waals surface area contributed by atoms with Crippen LogP contribution >= 0.6 is 11.8 Å². The van der Waals surface area contributed by atoms with Gasteiger partial charge in [-0.2, -0.15) is 0 Å². The molecule has 3 heterocycles. The summed E-state index contributed by atoms with van der Waals surface area (Å²) >= 11 is 1.44. The summed E-state index contributed by atoms with van der Waals surface area (Å²) in [6.45, 7) is 7.22. The first-order valence-electron chi connectivity index (χ1n) is 21.2. The SMILES string of the molecule is CCc1c(Sc2cc(C)cc(C)c2)n(CCCCC(=O)NCCCCCCCCCCNC(=O)CCCc2cn([C@H]3C[C@H](N=[N+]=[N-])[C@@H](CO)O3)c(=O)[nH]c2=O)c(=O)[nH]c1=O. The zero-order chi connectivity index (χ0) is 43.4. The van der Waals surface area contributed by atoms with E-state index in [0.29, 0.717) is 67.9 Å². The molecule has 0 spiro atoms. The Morgan fingerprint density at radius 1 is 0.867 bits per heavy atom. The molecule has 5 N–H and O–H groups in total. The van der Waals surface area contributed by atoms with Crippen LogP contribution in [0.3, 0.4) is 0 Å². The van der Waals surface area contributed by atoms with E-state index in [0.717, 1.165) is 67.4 Å². The quantitative estimate of drug-likeness (QED) is 0.0233. The van der Waals surface area contributed by atoms with Gasteiger partial charge in [0.05, 0.1) is 23.8 Å². The molecule has 1 fully saturated rings. The average Bonchev–Trinajstić information content (AvgIpc) is 3.60. The van der Waals surface area contributed by atoms with E-state index < -0.39 is 35.3 Å². The lowest BCUT2D eigenvalue weighted by Crippen LogP contribution is -2.34. The lowest BCUT2D eigenvalue weighted by atomic mass is 10.1. The first-order chi connectivity index (χ1) is 28.9. The fourth-order valence-electron chi connectivity index (χ4n) is 7.42. The molecule has 328 valence electrons. The van der Waals surface area contributed by atoms with E-state index in [1.54, 1.807) is 4.57 Å². The lowest BCUT2D eigenvalue weighted by molar-refractivity contribution is -0.122. The van der Waals surface area contributed by atoms with Gasteiger partial charge in [0, 0.05) is 66.0 Å². The third-order valence-electron chi connectivity index (χ3n) is 10.6. The molecule has 18 heteroatoms. The van der Waals surface area contributed by atoms with Crippen molar-refractivity contribution in [3.8, 4) is 0 Å². The minimum Gasteiger partial charge on any atom is -0.394 e. The molecule has 0 saturated carbocycles.